The van der Waals surface area contributed by atoms with E-state index >= 15 is 0 Å². The van der Waals surface area contributed by atoms with Crippen molar-refractivity contribution in [1.29, 1.82) is 0 Å². The molecule has 1 fully saturated rings. The van der Waals surface area contributed by atoms with E-state index in [0.29, 0.717) is 22.8 Å². The van der Waals surface area contributed by atoms with Gasteiger partial charge in [-0.05, 0) is 23.8 Å². The minimum absolute atomic E-state index is 0.111. The summed E-state index contributed by atoms with van der Waals surface area (Å²) in [6.45, 7) is -0.300. The summed E-state index contributed by atoms with van der Waals surface area (Å²) < 4.78 is 27.7. The second kappa shape index (κ2) is 10.5. The van der Waals surface area contributed by atoms with Gasteiger partial charge >= 0.3 is 0 Å². The number of aliphatic hydroxyl groups excluding tert-OH is 3. The molecule has 0 saturated carbocycles. The van der Waals surface area contributed by atoms with E-state index in [-0.39, 0.29) is 13.0 Å². The number of aliphatic hydroxyl groups is 3. The molecular formula is C23H28O8. The van der Waals surface area contributed by atoms with Gasteiger partial charge in [0.2, 0.25) is 6.29 Å². The minimum Gasteiger partial charge on any atom is -0.497 e. The molecule has 1 heterocycles. The van der Waals surface area contributed by atoms with Gasteiger partial charge in [0.05, 0.1) is 40.1 Å². The maximum Gasteiger partial charge on any atom is 0.229 e. The molecule has 0 amide bonds. The van der Waals surface area contributed by atoms with E-state index in [2.05, 4.69) is 0 Å². The lowest BCUT2D eigenvalue weighted by Crippen LogP contribution is -2.51. The van der Waals surface area contributed by atoms with Crippen LogP contribution in [-0.2, 0) is 4.74 Å². The smallest absolute Gasteiger partial charge is 0.229 e. The SMILES string of the molecule is COc1cccc(/C=C/c2cc(OC)cc(OC)c2O[C@@H]2O[C@H](CO)C[C@H](O)[C@H]2O)c1. The lowest BCUT2D eigenvalue weighted by molar-refractivity contribution is -0.241. The van der Waals surface area contributed by atoms with Crippen molar-refractivity contribution in [2.24, 2.45) is 0 Å². The van der Waals surface area contributed by atoms with Crippen LogP contribution in [0, 0.1) is 0 Å². The summed E-state index contributed by atoms with van der Waals surface area (Å²) in [7, 11) is 4.63. The van der Waals surface area contributed by atoms with Crippen LogP contribution in [0.1, 0.15) is 17.5 Å². The summed E-state index contributed by atoms with van der Waals surface area (Å²) in [5, 5.41) is 29.9. The fourth-order valence-corrected chi connectivity index (χ4v) is 3.30. The van der Waals surface area contributed by atoms with E-state index in [1.807, 2.05) is 36.4 Å². The van der Waals surface area contributed by atoms with Crippen molar-refractivity contribution >= 4 is 12.2 Å². The third-order valence-corrected chi connectivity index (χ3v) is 5.00. The second-order valence-corrected chi connectivity index (χ2v) is 7.08. The van der Waals surface area contributed by atoms with Crippen LogP contribution < -0.4 is 18.9 Å². The highest BCUT2D eigenvalue weighted by Gasteiger charge is 2.38. The van der Waals surface area contributed by atoms with Gasteiger partial charge in [-0.1, -0.05) is 24.3 Å². The van der Waals surface area contributed by atoms with Crippen molar-refractivity contribution in [3.63, 3.8) is 0 Å². The number of methoxy groups -OCH3 is 3. The van der Waals surface area contributed by atoms with Crippen molar-refractivity contribution in [1.82, 2.24) is 0 Å². The summed E-state index contributed by atoms with van der Waals surface area (Å²) in [5.74, 6) is 1.94. The fraction of sp³-hybridized carbons (Fsp3) is 0.391. The molecule has 1 aliphatic heterocycles. The third kappa shape index (κ3) is 5.48. The molecule has 3 rings (SSSR count). The first-order chi connectivity index (χ1) is 15.0. The van der Waals surface area contributed by atoms with Gasteiger partial charge in [0.15, 0.2) is 11.5 Å². The van der Waals surface area contributed by atoms with Crippen LogP contribution in [0.2, 0.25) is 0 Å². The quantitative estimate of drug-likeness (QED) is 0.545. The Morgan fingerprint density at radius 1 is 1.00 bits per heavy atom. The van der Waals surface area contributed by atoms with E-state index < -0.39 is 24.6 Å². The molecule has 0 bridgehead atoms. The number of benzene rings is 2. The van der Waals surface area contributed by atoms with E-state index in [9.17, 15) is 15.3 Å². The number of rotatable bonds is 8. The zero-order valence-corrected chi connectivity index (χ0v) is 17.7. The highest BCUT2D eigenvalue weighted by Crippen LogP contribution is 2.39. The van der Waals surface area contributed by atoms with Gasteiger partial charge in [-0.15, -0.1) is 0 Å². The monoisotopic (exact) mass is 432 g/mol. The molecule has 0 spiro atoms. The number of ether oxygens (including phenoxy) is 5. The van der Waals surface area contributed by atoms with Crippen LogP contribution in [0.5, 0.6) is 23.0 Å². The second-order valence-electron chi connectivity index (χ2n) is 7.08. The van der Waals surface area contributed by atoms with Crippen LogP contribution in [0.3, 0.4) is 0 Å². The van der Waals surface area contributed by atoms with Gasteiger partial charge < -0.3 is 39.0 Å². The Morgan fingerprint density at radius 2 is 1.77 bits per heavy atom. The molecular weight excluding hydrogens is 404 g/mol. The molecule has 8 heteroatoms. The van der Waals surface area contributed by atoms with Crippen molar-refractivity contribution in [2.75, 3.05) is 27.9 Å². The molecule has 0 unspecified atom stereocenters. The van der Waals surface area contributed by atoms with Crippen molar-refractivity contribution in [3.05, 3.63) is 47.5 Å². The largest absolute Gasteiger partial charge is 0.497 e. The zero-order chi connectivity index (χ0) is 22.4. The molecule has 2 aromatic carbocycles. The highest BCUT2D eigenvalue weighted by molar-refractivity contribution is 5.75. The van der Waals surface area contributed by atoms with E-state index in [1.54, 1.807) is 26.4 Å². The Bertz CT molecular complexity index is 897. The lowest BCUT2D eigenvalue weighted by atomic mass is 10.0. The molecule has 0 aromatic heterocycles. The Balaban J connectivity index is 1.97. The van der Waals surface area contributed by atoms with Crippen LogP contribution in [0.25, 0.3) is 12.2 Å². The van der Waals surface area contributed by atoms with Crippen LogP contribution in [0.4, 0.5) is 0 Å². The summed E-state index contributed by atoms with van der Waals surface area (Å²) in [5.41, 5.74) is 1.51. The fourth-order valence-electron chi connectivity index (χ4n) is 3.30. The summed E-state index contributed by atoms with van der Waals surface area (Å²) in [4.78, 5) is 0. The van der Waals surface area contributed by atoms with Gasteiger partial charge in [-0.3, -0.25) is 0 Å². The average Bonchev–Trinajstić information content (AvgIpc) is 2.80. The molecule has 0 radical (unpaired) electrons. The summed E-state index contributed by atoms with van der Waals surface area (Å²) >= 11 is 0. The van der Waals surface area contributed by atoms with Crippen molar-refractivity contribution < 1.29 is 39.0 Å². The number of hydrogen-bond acceptors (Lipinski definition) is 8. The van der Waals surface area contributed by atoms with Crippen LogP contribution >= 0.6 is 0 Å². The highest BCUT2D eigenvalue weighted by atomic mass is 16.7. The Hall–Kier alpha value is -2.78. The molecule has 3 N–H and O–H groups in total. The first kappa shape index (κ1) is 22.9. The van der Waals surface area contributed by atoms with E-state index in [1.165, 1.54) is 7.11 Å². The Labute approximate surface area is 181 Å². The molecule has 1 aliphatic rings. The molecule has 1 saturated heterocycles. The van der Waals surface area contributed by atoms with Crippen molar-refractivity contribution in [2.45, 2.75) is 31.0 Å². The minimum atomic E-state index is -1.29. The van der Waals surface area contributed by atoms with Gasteiger partial charge in [-0.25, -0.2) is 0 Å². The van der Waals surface area contributed by atoms with Gasteiger partial charge in [0, 0.05) is 18.1 Å². The molecule has 31 heavy (non-hydrogen) atoms. The normalized spacial score (nSPS) is 23.5. The molecule has 8 nitrogen and oxygen atoms in total. The molecule has 168 valence electrons. The molecule has 0 aliphatic carbocycles. The summed E-state index contributed by atoms with van der Waals surface area (Å²) in [6.07, 6.45) is -0.423. The Kier molecular flexibility index (Phi) is 7.75. The standard InChI is InChI=1S/C23H28O8/c1-27-16-6-4-5-14(9-16)7-8-15-10-17(28-2)12-20(29-3)22(15)31-23-21(26)19(25)11-18(13-24)30-23/h4-10,12,18-19,21,23-26H,11,13H2,1-3H3/b8-7+/t18-,19-,21+,23-/m0/s1. The summed E-state index contributed by atoms with van der Waals surface area (Å²) in [6, 6.07) is 10.9. The first-order valence-corrected chi connectivity index (χ1v) is 9.86. The van der Waals surface area contributed by atoms with Crippen molar-refractivity contribution in [3.8, 4) is 23.0 Å². The predicted octanol–water partition coefficient (Wildman–Crippen LogP) is 2.09. The third-order valence-electron chi connectivity index (χ3n) is 5.00. The van der Waals surface area contributed by atoms with Crippen LogP contribution in [0.15, 0.2) is 36.4 Å². The van der Waals surface area contributed by atoms with Gasteiger partial charge in [0.25, 0.3) is 0 Å². The van der Waals surface area contributed by atoms with E-state index in [4.69, 9.17) is 23.7 Å². The zero-order valence-electron chi connectivity index (χ0n) is 17.7. The molecule has 4 atom stereocenters. The predicted molar refractivity (Wildman–Crippen MR) is 114 cm³/mol. The number of hydrogen-bond donors (Lipinski definition) is 3. The average molecular weight is 432 g/mol. The first-order valence-electron chi connectivity index (χ1n) is 9.86. The Morgan fingerprint density at radius 3 is 2.45 bits per heavy atom. The maximum atomic E-state index is 10.4. The molecule has 2 aromatic rings. The van der Waals surface area contributed by atoms with Crippen LogP contribution in [-0.4, -0.2) is 67.9 Å². The van der Waals surface area contributed by atoms with Gasteiger partial charge in [-0.2, -0.15) is 0 Å². The lowest BCUT2D eigenvalue weighted by Gasteiger charge is -2.36. The van der Waals surface area contributed by atoms with Gasteiger partial charge in [0.1, 0.15) is 17.6 Å². The van der Waals surface area contributed by atoms with E-state index in [0.717, 1.165) is 11.3 Å². The maximum absolute atomic E-state index is 10.4. The topological polar surface area (TPSA) is 107 Å².